The van der Waals surface area contributed by atoms with Gasteiger partial charge in [0.2, 0.25) is 0 Å². The van der Waals surface area contributed by atoms with Crippen LogP contribution in [0.15, 0.2) is 0 Å². The van der Waals surface area contributed by atoms with Crippen molar-refractivity contribution in [2.45, 2.75) is 52.6 Å². The molecule has 0 aromatic heterocycles. The Hall–Kier alpha value is -0.350. The lowest BCUT2D eigenvalue weighted by Gasteiger charge is -2.10. The average Bonchev–Trinajstić information content (AvgIpc) is 2.23. The minimum Gasteiger partial charge on any atom is -0.379 e. The summed E-state index contributed by atoms with van der Waals surface area (Å²) in [5.74, 6) is 0. The predicted octanol–water partition coefficient (Wildman–Crippen LogP) is 2.46. The molecule has 0 amide bonds. The van der Waals surface area contributed by atoms with E-state index in [2.05, 4.69) is 31.4 Å². The van der Waals surface area contributed by atoms with Gasteiger partial charge in [0.1, 0.15) is 0 Å². The molecular formula is C12H26N2OS. The number of hydrogen-bond donors (Lipinski definition) is 2. The van der Waals surface area contributed by atoms with Crippen LogP contribution in [-0.2, 0) is 4.74 Å². The van der Waals surface area contributed by atoms with Crippen LogP contribution < -0.4 is 10.6 Å². The van der Waals surface area contributed by atoms with E-state index in [1.807, 2.05) is 0 Å². The molecule has 0 rings (SSSR count). The number of rotatable bonds is 9. The third kappa shape index (κ3) is 11.7. The second-order valence-corrected chi connectivity index (χ2v) is 4.57. The standard InChI is InChI=1S/C12H26N2OS/c1-4-5-8-13-12(16)14-9-6-7-10-15-11(2)3/h11H,4-10H2,1-3H3,(H2,13,14,16). The predicted molar refractivity (Wildman–Crippen MR) is 73.8 cm³/mol. The fourth-order valence-electron chi connectivity index (χ4n) is 1.19. The van der Waals surface area contributed by atoms with Gasteiger partial charge in [0.25, 0.3) is 0 Å². The fraction of sp³-hybridized carbons (Fsp3) is 0.917. The molecular weight excluding hydrogens is 220 g/mol. The van der Waals surface area contributed by atoms with Crippen LogP contribution in [0.25, 0.3) is 0 Å². The Morgan fingerprint density at radius 1 is 1.12 bits per heavy atom. The van der Waals surface area contributed by atoms with Gasteiger partial charge in [0.15, 0.2) is 5.11 Å². The zero-order valence-corrected chi connectivity index (χ0v) is 11.7. The summed E-state index contributed by atoms with van der Waals surface area (Å²) in [6.07, 6.45) is 4.89. The summed E-state index contributed by atoms with van der Waals surface area (Å²) in [7, 11) is 0. The highest BCUT2D eigenvalue weighted by Crippen LogP contribution is 1.93. The summed E-state index contributed by atoms with van der Waals surface area (Å²) in [6.45, 7) is 9.04. The van der Waals surface area contributed by atoms with E-state index in [0.29, 0.717) is 6.10 Å². The molecule has 0 aliphatic rings. The van der Waals surface area contributed by atoms with E-state index < -0.39 is 0 Å². The Labute approximate surface area is 105 Å². The molecule has 0 unspecified atom stereocenters. The molecule has 2 N–H and O–H groups in total. The molecule has 0 radical (unpaired) electrons. The third-order valence-electron chi connectivity index (χ3n) is 2.12. The lowest BCUT2D eigenvalue weighted by molar-refractivity contribution is 0.0762. The molecule has 0 saturated heterocycles. The van der Waals surface area contributed by atoms with Crippen molar-refractivity contribution in [3.8, 4) is 0 Å². The normalized spacial score (nSPS) is 10.5. The molecule has 0 bridgehead atoms. The molecule has 0 aliphatic carbocycles. The van der Waals surface area contributed by atoms with Crippen molar-refractivity contribution in [3.63, 3.8) is 0 Å². The summed E-state index contributed by atoms with van der Waals surface area (Å²) in [4.78, 5) is 0. The Bertz CT molecular complexity index is 174. The average molecular weight is 246 g/mol. The maximum absolute atomic E-state index is 5.45. The smallest absolute Gasteiger partial charge is 0.166 e. The maximum Gasteiger partial charge on any atom is 0.166 e. The van der Waals surface area contributed by atoms with Crippen molar-refractivity contribution >= 4 is 17.3 Å². The highest BCUT2D eigenvalue weighted by molar-refractivity contribution is 7.80. The SMILES string of the molecule is CCCCNC(=S)NCCCCOC(C)C. The molecule has 0 aliphatic heterocycles. The van der Waals surface area contributed by atoms with E-state index >= 15 is 0 Å². The Morgan fingerprint density at radius 2 is 1.75 bits per heavy atom. The van der Waals surface area contributed by atoms with Gasteiger partial charge in [0.05, 0.1) is 6.10 Å². The monoisotopic (exact) mass is 246 g/mol. The molecule has 0 heterocycles. The van der Waals surface area contributed by atoms with Gasteiger partial charge in [-0.25, -0.2) is 0 Å². The van der Waals surface area contributed by atoms with Gasteiger partial charge in [-0.3, -0.25) is 0 Å². The van der Waals surface area contributed by atoms with Crippen LogP contribution in [-0.4, -0.2) is 30.9 Å². The van der Waals surface area contributed by atoms with Crippen LogP contribution in [0.2, 0.25) is 0 Å². The number of nitrogens with one attached hydrogen (secondary N) is 2. The zero-order chi connectivity index (χ0) is 12.2. The highest BCUT2D eigenvalue weighted by atomic mass is 32.1. The van der Waals surface area contributed by atoms with E-state index in [4.69, 9.17) is 17.0 Å². The fourth-order valence-corrected chi connectivity index (χ4v) is 1.39. The first-order valence-corrected chi connectivity index (χ1v) is 6.71. The Morgan fingerprint density at radius 3 is 2.31 bits per heavy atom. The molecule has 0 spiro atoms. The van der Waals surface area contributed by atoms with Gasteiger partial charge in [-0.1, -0.05) is 13.3 Å². The molecule has 4 heteroatoms. The summed E-state index contributed by atoms with van der Waals surface area (Å²) in [6, 6.07) is 0. The molecule has 0 aromatic rings. The molecule has 0 atom stereocenters. The molecule has 0 aromatic carbocycles. The second kappa shape index (κ2) is 11.1. The van der Waals surface area contributed by atoms with E-state index in [0.717, 1.165) is 37.7 Å². The zero-order valence-electron chi connectivity index (χ0n) is 10.8. The van der Waals surface area contributed by atoms with Crippen LogP contribution in [0.5, 0.6) is 0 Å². The topological polar surface area (TPSA) is 33.3 Å². The Balaban J connectivity index is 3.15. The lowest BCUT2D eigenvalue weighted by atomic mass is 10.3. The van der Waals surface area contributed by atoms with Crippen LogP contribution in [0.4, 0.5) is 0 Å². The van der Waals surface area contributed by atoms with Crippen molar-refractivity contribution in [2.75, 3.05) is 19.7 Å². The van der Waals surface area contributed by atoms with Crippen LogP contribution in [0, 0.1) is 0 Å². The summed E-state index contributed by atoms with van der Waals surface area (Å²) < 4.78 is 5.45. The summed E-state index contributed by atoms with van der Waals surface area (Å²) in [5.41, 5.74) is 0. The lowest BCUT2D eigenvalue weighted by Crippen LogP contribution is -2.36. The quantitative estimate of drug-likeness (QED) is 0.484. The van der Waals surface area contributed by atoms with Crippen molar-refractivity contribution in [1.82, 2.24) is 10.6 Å². The van der Waals surface area contributed by atoms with E-state index in [1.165, 1.54) is 12.8 Å². The van der Waals surface area contributed by atoms with Gasteiger partial charge in [-0.05, 0) is 45.3 Å². The van der Waals surface area contributed by atoms with Crippen molar-refractivity contribution in [3.05, 3.63) is 0 Å². The maximum atomic E-state index is 5.45. The highest BCUT2D eigenvalue weighted by Gasteiger charge is 1.95. The number of thiocarbonyl (C=S) groups is 1. The van der Waals surface area contributed by atoms with Crippen LogP contribution in [0.1, 0.15) is 46.5 Å². The van der Waals surface area contributed by atoms with Crippen molar-refractivity contribution in [1.29, 1.82) is 0 Å². The molecule has 0 fully saturated rings. The second-order valence-electron chi connectivity index (χ2n) is 4.16. The van der Waals surface area contributed by atoms with Gasteiger partial charge in [0, 0.05) is 19.7 Å². The summed E-state index contributed by atoms with van der Waals surface area (Å²) in [5, 5.41) is 7.15. The third-order valence-corrected chi connectivity index (χ3v) is 2.41. The molecule has 3 nitrogen and oxygen atoms in total. The molecule has 96 valence electrons. The first-order chi connectivity index (χ1) is 7.66. The molecule has 16 heavy (non-hydrogen) atoms. The number of ether oxygens (including phenoxy) is 1. The van der Waals surface area contributed by atoms with Gasteiger partial charge in [-0.2, -0.15) is 0 Å². The van der Waals surface area contributed by atoms with Crippen LogP contribution in [0.3, 0.4) is 0 Å². The number of unbranched alkanes of at least 4 members (excludes halogenated alkanes) is 2. The van der Waals surface area contributed by atoms with Crippen molar-refractivity contribution < 1.29 is 4.74 Å². The van der Waals surface area contributed by atoms with E-state index in [-0.39, 0.29) is 0 Å². The number of hydrogen-bond acceptors (Lipinski definition) is 2. The van der Waals surface area contributed by atoms with Gasteiger partial charge < -0.3 is 15.4 Å². The minimum atomic E-state index is 0.338. The van der Waals surface area contributed by atoms with Gasteiger partial charge >= 0.3 is 0 Å². The van der Waals surface area contributed by atoms with Crippen LogP contribution >= 0.6 is 12.2 Å². The van der Waals surface area contributed by atoms with E-state index in [9.17, 15) is 0 Å². The first-order valence-electron chi connectivity index (χ1n) is 6.30. The first kappa shape index (κ1) is 15.7. The molecule has 0 saturated carbocycles. The largest absolute Gasteiger partial charge is 0.379 e. The van der Waals surface area contributed by atoms with Gasteiger partial charge in [-0.15, -0.1) is 0 Å². The Kier molecular flexibility index (Phi) is 10.9. The van der Waals surface area contributed by atoms with Crippen molar-refractivity contribution in [2.24, 2.45) is 0 Å². The van der Waals surface area contributed by atoms with E-state index in [1.54, 1.807) is 0 Å². The minimum absolute atomic E-state index is 0.338. The summed E-state index contributed by atoms with van der Waals surface area (Å²) >= 11 is 5.13.